The molecule has 0 heterocycles. The molecule has 0 aliphatic carbocycles. The minimum absolute atomic E-state index is 0.0243. The Morgan fingerprint density at radius 1 is 1.05 bits per heavy atom. The van der Waals surface area contributed by atoms with Crippen LogP contribution in [0.25, 0.3) is 0 Å². The summed E-state index contributed by atoms with van der Waals surface area (Å²) in [5, 5.41) is 12.7. The Hall–Kier alpha value is -2.57. The van der Waals surface area contributed by atoms with Crippen molar-refractivity contribution in [3.63, 3.8) is 0 Å². The number of hydrazone groups is 1. The second-order valence-corrected chi connectivity index (χ2v) is 4.22. The van der Waals surface area contributed by atoms with Gasteiger partial charge in [-0.2, -0.15) is 5.10 Å². The number of anilines is 1. The Bertz CT molecular complexity index is 687. The van der Waals surface area contributed by atoms with Gasteiger partial charge in [0.1, 0.15) is 11.4 Å². The highest BCUT2D eigenvalue weighted by molar-refractivity contribution is 5.80. The first-order valence-electron chi connectivity index (χ1n) is 5.82. The van der Waals surface area contributed by atoms with Crippen molar-refractivity contribution >= 4 is 11.9 Å². The van der Waals surface area contributed by atoms with Gasteiger partial charge in [0.25, 0.3) is 0 Å². The molecule has 0 spiro atoms. The normalized spacial score (nSPS) is 11.1. The number of phenols is 1. The van der Waals surface area contributed by atoms with Crippen molar-refractivity contribution in [2.75, 3.05) is 5.43 Å². The third-order valence-corrected chi connectivity index (χ3v) is 2.74. The van der Waals surface area contributed by atoms with Gasteiger partial charge in [-0.3, -0.25) is 5.43 Å². The van der Waals surface area contributed by atoms with Crippen LogP contribution in [-0.4, -0.2) is 11.3 Å². The summed E-state index contributed by atoms with van der Waals surface area (Å²) in [5.74, 6) is -6.10. The van der Waals surface area contributed by atoms with E-state index in [1.807, 2.05) is 5.43 Å². The van der Waals surface area contributed by atoms with Crippen molar-refractivity contribution in [3.05, 3.63) is 58.7 Å². The minimum atomic E-state index is -1.56. The van der Waals surface area contributed by atoms with Crippen molar-refractivity contribution in [2.45, 2.75) is 6.92 Å². The molecule has 2 N–H and O–H groups in total. The molecule has 21 heavy (non-hydrogen) atoms. The summed E-state index contributed by atoms with van der Waals surface area (Å²) in [4.78, 5) is 0. The number of hydrogen-bond acceptors (Lipinski definition) is 3. The molecule has 2 aromatic rings. The first-order valence-corrected chi connectivity index (χ1v) is 5.82. The number of nitrogens with one attached hydrogen (secondary N) is 1. The Kier molecular flexibility index (Phi) is 4.11. The van der Waals surface area contributed by atoms with E-state index < -0.39 is 34.5 Å². The largest absolute Gasteiger partial charge is 0.508 e. The molecule has 3 nitrogen and oxygen atoms in total. The summed E-state index contributed by atoms with van der Waals surface area (Å²) in [6, 6.07) is 5.86. The predicted molar refractivity (Wildman–Crippen MR) is 70.3 cm³/mol. The van der Waals surface area contributed by atoms with Crippen LogP contribution in [0.4, 0.5) is 23.2 Å². The van der Waals surface area contributed by atoms with Crippen molar-refractivity contribution in [1.29, 1.82) is 0 Å². The molecule has 2 rings (SSSR count). The quantitative estimate of drug-likeness (QED) is 0.393. The minimum Gasteiger partial charge on any atom is -0.508 e. The van der Waals surface area contributed by atoms with Gasteiger partial charge >= 0.3 is 0 Å². The van der Waals surface area contributed by atoms with E-state index in [1.54, 1.807) is 6.07 Å². The molecular formula is C14H10F4N2O. The molecule has 0 unspecified atom stereocenters. The zero-order valence-electron chi connectivity index (χ0n) is 10.8. The van der Waals surface area contributed by atoms with Crippen LogP contribution in [0, 0.1) is 30.2 Å². The van der Waals surface area contributed by atoms with Gasteiger partial charge in [-0.25, -0.2) is 17.6 Å². The van der Waals surface area contributed by atoms with Gasteiger partial charge in [0.15, 0.2) is 23.3 Å². The van der Waals surface area contributed by atoms with Crippen LogP contribution in [0.3, 0.4) is 0 Å². The van der Waals surface area contributed by atoms with Gasteiger partial charge in [-0.1, -0.05) is 12.1 Å². The third-order valence-electron chi connectivity index (χ3n) is 2.74. The average Bonchev–Trinajstić information content (AvgIpc) is 2.47. The number of hydrogen-bond donors (Lipinski definition) is 2. The molecule has 0 amide bonds. The summed E-state index contributed by atoms with van der Waals surface area (Å²) in [6.45, 7) is 0.927. The van der Waals surface area contributed by atoms with Gasteiger partial charge in [-0.15, -0.1) is 0 Å². The highest BCUT2D eigenvalue weighted by Gasteiger charge is 2.22. The van der Waals surface area contributed by atoms with E-state index in [2.05, 4.69) is 5.10 Å². The number of halogens is 4. The summed E-state index contributed by atoms with van der Waals surface area (Å²) >= 11 is 0. The number of benzene rings is 2. The lowest BCUT2D eigenvalue weighted by Crippen LogP contribution is -2.05. The van der Waals surface area contributed by atoms with Gasteiger partial charge in [0.2, 0.25) is 0 Å². The molecule has 110 valence electrons. The molecule has 7 heteroatoms. The Labute approximate surface area is 117 Å². The molecule has 0 atom stereocenters. The number of phenolic OH excluding ortho intramolecular Hbond substituents is 1. The van der Waals surface area contributed by atoms with Crippen LogP contribution in [0.2, 0.25) is 0 Å². The fourth-order valence-electron chi connectivity index (χ4n) is 1.62. The average molecular weight is 298 g/mol. The lowest BCUT2D eigenvalue weighted by atomic mass is 10.2. The molecule has 0 radical (unpaired) electrons. The molecule has 0 aromatic heterocycles. The lowest BCUT2D eigenvalue weighted by Gasteiger charge is -2.08. The lowest BCUT2D eigenvalue weighted by molar-refractivity contribution is 0.449. The summed E-state index contributed by atoms with van der Waals surface area (Å²) in [6.07, 6.45) is 1.13. The molecule has 2 aromatic carbocycles. The number of nitrogens with zero attached hydrogens (tertiary/aromatic N) is 1. The van der Waals surface area contributed by atoms with E-state index in [-0.39, 0.29) is 5.75 Å². The van der Waals surface area contributed by atoms with Crippen molar-refractivity contribution in [1.82, 2.24) is 0 Å². The van der Waals surface area contributed by atoms with E-state index in [1.165, 1.54) is 18.2 Å². The topological polar surface area (TPSA) is 44.6 Å². The smallest absolute Gasteiger partial charge is 0.187 e. The Morgan fingerprint density at radius 3 is 2.24 bits per heavy atom. The van der Waals surface area contributed by atoms with Crippen LogP contribution in [-0.2, 0) is 0 Å². The maximum atomic E-state index is 13.5. The highest BCUT2D eigenvalue weighted by Crippen LogP contribution is 2.27. The van der Waals surface area contributed by atoms with Gasteiger partial charge in [0.05, 0.1) is 6.21 Å². The fourth-order valence-corrected chi connectivity index (χ4v) is 1.62. The van der Waals surface area contributed by atoms with Gasteiger partial charge < -0.3 is 5.11 Å². The second-order valence-electron chi connectivity index (χ2n) is 4.22. The summed E-state index contributed by atoms with van der Waals surface area (Å²) in [5.41, 5.74) is 0.579. The van der Waals surface area contributed by atoms with Crippen LogP contribution in [0.5, 0.6) is 5.75 Å². The second kappa shape index (κ2) is 5.82. The van der Waals surface area contributed by atoms with Crippen LogP contribution in [0.1, 0.15) is 11.1 Å². The maximum Gasteiger partial charge on any atom is 0.187 e. The van der Waals surface area contributed by atoms with Gasteiger partial charge in [-0.05, 0) is 24.6 Å². The predicted octanol–water partition coefficient (Wildman–Crippen LogP) is 3.70. The maximum absolute atomic E-state index is 13.5. The number of rotatable bonds is 3. The fraction of sp³-hybridized carbons (Fsp3) is 0.0714. The van der Waals surface area contributed by atoms with E-state index in [4.69, 9.17) is 0 Å². The van der Waals surface area contributed by atoms with Crippen molar-refractivity contribution < 1.29 is 22.7 Å². The standard InChI is InChI=1S/C14H10F4N2O/c1-7-10(15)12(17)14(13(18)11(7)16)20-19-6-8-3-2-4-9(21)5-8/h2-6,20-21H,1H3/b19-6+. The Balaban J connectivity index is 2.29. The zero-order chi connectivity index (χ0) is 15.6. The molecule has 0 bridgehead atoms. The van der Waals surface area contributed by atoms with E-state index in [0.717, 1.165) is 13.1 Å². The number of aromatic hydroxyl groups is 1. The van der Waals surface area contributed by atoms with Crippen molar-refractivity contribution in [2.24, 2.45) is 5.10 Å². The molecule has 0 aliphatic heterocycles. The first kappa shape index (κ1) is 14.8. The van der Waals surface area contributed by atoms with Crippen LogP contribution >= 0.6 is 0 Å². The SMILES string of the molecule is Cc1c(F)c(F)c(N/N=C/c2cccc(O)c2)c(F)c1F. The van der Waals surface area contributed by atoms with Crippen molar-refractivity contribution in [3.8, 4) is 5.75 Å². The van der Waals surface area contributed by atoms with E-state index in [0.29, 0.717) is 5.56 Å². The Morgan fingerprint density at radius 2 is 1.67 bits per heavy atom. The monoisotopic (exact) mass is 298 g/mol. The molecule has 0 saturated heterocycles. The summed E-state index contributed by atoms with van der Waals surface area (Å²) in [7, 11) is 0. The van der Waals surface area contributed by atoms with Crippen LogP contribution in [0.15, 0.2) is 29.4 Å². The molecular weight excluding hydrogens is 288 g/mol. The molecule has 0 aliphatic rings. The molecule has 0 saturated carbocycles. The highest BCUT2D eigenvalue weighted by atomic mass is 19.2. The van der Waals surface area contributed by atoms with Gasteiger partial charge in [0, 0.05) is 5.56 Å². The first-order chi connectivity index (χ1) is 9.91. The zero-order valence-corrected chi connectivity index (χ0v) is 10.8. The van der Waals surface area contributed by atoms with Crippen LogP contribution < -0.4 is 5.43 Å². The summed E-state index contributed by atoms with van der Waals surface area (Å²) < 4.78 is 53.7. The third kappa shape index (κ3) is 2.96. The van der Waals surface area contributed by atoms with E-state index >= 15 is 0 Å². The molecule has 0 fully saturated rings. The van der Waals surface area contributed by atoms with E-state index in [9.17, 15) is 22.7 Å².